The van der Waals surface area contributed by atoms with Gasteiger partial charge in [-0.3, -0.25) is 9.69 Å². The van der Waals surface area contributed by atoms with Crippen molar-refractivity contribution >= 4 is 23.0 Å². The van der Waals surface area contributed by atoms with E-state index in [4.69, 9.17) is 10.5 Å². The van der Waals surface area contributed by atoms with Gasteiger partial charge in [0.2, 0.25) is 5.91 Å². The fraction of sp³-hybridized carbons (Fsp3) is 0.500. The number of benzene rings is 1. The molecule has 0 atom stereocenters. The largest absolute Gasteiger partial charge is 0.397 e. The minimum atomic E-state index is 0.0323. The number of fused-ring (bicyclic) bond motifs is 1. The van der Waals surface area contributed by atoms with Gasteiger partial charge in [-0.2, -0.15) is 0 Å². The molecule has 0 spiro atoms. The number of carbonyl (C=O) groups is 1. The molecule has 6 heteroatoms. The number of anilines is 3. The fourth-order valence-corrected chi connectivity index (χ4v) is 2.62. The summed E-state index contributed by atoms with van der Waals surface area (Å²) in [6, 6.07) is 3.80. The number of carbonyl (C=O) groups excluding carboxylic acids is 1. The van der Waals surface area contributed by atoms with E-state index in [1.54, 1.807) is 0 Å². The van der Waals surface area contributed by atoms with Crippen molar-refractivity contribution in [1.82, 2.24) is 4.90 Å². The van der Waals surface area contributed by atoms with Crippen molar-refractivity contribution in [1.29, 1.82) is 0 Å². The number of hydrogen-bond acceptors (Lipinski definition) is 5. The molecule has 1 aromatic rings. The van der Waals surface area contributed by atoms with E-state index in [2.05, 4.69) is 15.5 Å². The molecular formula is C14H20N4O2. The summed E-state index contributed by atoms with van der Waals surface area (Å²) in [6.45, 7) is 5.39. The number of nitrogens with zero attached hydrogens (tertiary/aromatic N) is 1. The van der Waals surface area contributed by atoms with Crippen molar-refractivity contribution in [3.05, 3.63) is 17.7 Å². The first kappa shape index (κ1) is 13.2. The lowest BCUT2D eigenvalue weighted by molar-refractivity contribution is -0.115. The number of rotatable bonds is 4. The molecule has 1 fully saturated rings. The highest BCUT2D eigenvalue weighted by Crippen LogP contribution is 2.31. The van der Waals surface area contributed by atoms with Crippen LogP contribution in [0, 0.1) is 0 Å². The SMILES string of the molecule is Nc1cc2c(cc1NCCN1CCOCC1)NC(=O)C2. The molecule has 20 heavy (non-hydrogen) atoms. The van der Waals surface area contributed by atoms with Crippen molar-refractivity contribution in [2.45, 2.75) is 6.42 Å². The zero-order chi connectivity index (χ0) is 13.9. The third kappa shape index (κ3) is 2.86. The van der Waals surface area contributed by atoms with Crippen molar-refractivity contribution in [2.24, 2.45) is 0 Å². The van der Waals surface area contributed by atoms with Gasteiger partial charge in [0.25, 0.3) is 0 Å². The number of morpholine rings is 1. The fourth-order valence-electron chi connectivity index (χ4n) is 2.62. The van der Waals surface area contributed by atoms with E-state index in [1.165, 1.54) is 0 Å². The second-order valence-electron chi connectivity index (χ2n) is 5.20. The molecule has 0 saturated carbocycles. The molecule has 4 N–H and O–H groups in total. The summed E-state index contributed by atoms with van der Waals surface area (Å²) < 4.78 is 5.32. The molecule has 108 valence electrons. The Bertz CT molecular complexity index is 512. The Balaban J connectivity index is 1.57. The van der Waals surface area contributed by atoms with Crippen LogP contribution in [0.1, 0.15) is 5.56 Å². The first-order valence-electron chi connectivity index (χ1n) is 6.98. The maximum Gasteiger partial charge on any atom is 0.228 e. The summed E-state index contributed by atoms with van der Waals surface area (Å²) in [6.07, 6.45) is 0.424. The van der Waals surface area contributed by atoms with Crippen molar-refractivity contribution in [3.63, 3.8) is 0 Å². The van der Waals surface area contributed by atoms with Crippen LogP contribution in [-0.4, -0.2) is 50.2 Å². The molecule has 0 bridgehead atoms. The molecule has 0 aliphatic carbocycles. The van der Waals surface area contributed by atoms with Gasteiger partial charge < -0.3 is 21.1 Å². The van der Waals surface area contributed by atoms with E-state index >= 15 is 0 Å². The summed E-state index contributed by atoms with van der Waals surface area (Å²) in [5, 5.41) is 6.19. The summed E-state index contributed by atoms with van der Waals surface area (Å²) in [5.41, 5.74) is 9.46. The molecule has 0 unspecified atom stereocenters. The van der Waals surface area contributed by atoms with Crippen LogP contribution in [0.25, 0.3) is 0 Å². The van der Waals surface area contributed by atoms with Gasteiger partial charge in [0.1, 0.15) is 0 Å². The summed E-state index contributed by atoms with van der Waals surface area (Å²) >= 11 is 0. The summed E-state index contributed by atoms with van der Waals surface area (Å²) in [5.74, 6) is 0.0323. The van der Waals surface area contributed by atoms with Gasteiger partial charge in [0, 0.05) is 31.9 Å². The molecule has 2 heterocycles. The smallest absolute Gasteiger partial charge is 0.228 e. The number of hydrogen-bond donors (Lipinski definition) is 3. The van der Waals surface area contributed by atoms with Crippen molar-refractivity contribution in [3.8, 4) is 0 Å². The van der Waals surface area contributed by atoms with Crippen LogP contribution in [-0.2, 0) is 16.0 Å². The lowest BCUT2D eigenvalue weighted by Crippen LogP contribution is -2.39. The van der Waals surface area contributed by atoms with Gasteiger partial charge in [0.05, 0.1) is 31.0 Å². The topological polar surface area (TPSA) is 79.6 Å². The van der Waals surface area contributed by atoms with E-state index < -0.39 is 0 Å². The minimum absolute atomic E-state index is 0.0323. The van der Waals surface area contributed by atoms with Gasteiger partial charge in [-0.15, -0.1) is 0 Å². The van der Waals surface area contributed by atoms with E-state index in [0.29, 0.717) is 12.1 Å². The molecular weight excluding hydrogens is 256 g/mol. The first-order chi connectivity index (χ1) is 9.72. The predicted molar refractivity (Wildman–Crippen MR) is 78.9 cm³/mol. The molecule has 3 rings (SSSR count). The predicted octanol–water partition coefficient (Wildman–Crippen LogP) is 0.507. The van der Waals surface area contributed by atoms with Gasteiger partial charge in [-0.25, -0.2) is 0 Å². The first-order valence-corrected chi connectivity index (χ1v) is 6.98. The molecule has 1 aromatic carbocycles. The molecule has 2 aliphatic rings. The van der Waals surface area contributed by atoms with E-state index in [1.807, 2.05) is 12.1 Å². The standard InChI is InChI=1S/C14H20N4O2/c15-11-7-10-8-14(19)17-12(10)9-13(11)16-1-2-18-3-5-20-6-4-18/h7,9,16H,1-6,8,15H2,(H,17,19). The number of nitrogens with two attached hydrogens (primary N) is 1. The Morgan fingerprint density at radius 2 is 2.15 bits per heavy atom. The zero-order valence-corrected chi connectivity index (χ0v) is 11.4. The lowest BCUT2D eigenvalue weighted by atomic mass is 10.1. The van der Waals surface area contributed by atoms with E-state index in [9.17, 15) is 4.79 Å². The average molecular weight is 276 g/mol. The van der Waals surface area contributed by atoms with Crippen LogP contribution in [0.15, 0.2) is 12.1 Å². The summed E-state index contributed by atoms with van der Waals surface area (Å²) in [7, 11) is 0. The van der Waals surface area contributed by atoms with Crippen molar-refractivity contribution < 1.29 is 9.53 Å². The zero-order valence-electron chi connectivity index (χ0n) is 11.4. The van der Waals surface area contributed by atoms with Crippen LogP contribution < -0.4 is 16.4 Å². The number of nitrogens with one attached hydrogen (secondary N) is 2. The third-order valence-electron chi connectivity index (χ3n) is 3.75. The normalized spacial score (nSPS) is 18.7. The van der Waals surface area contributed by atoms with Gasteiger partial charge in [-0.05, 0) is 17.7 Å². The van der Waals surface area contributed by atoms with Gasteiger partial charge >= 0.3 is 0 Å². The van der Waals surface area contributed by atoms with Crippen LogP contribution in [0.5, 0.6) is 0 Å². The molecule has 1 saturated heterocycles. The Labute approximate surface area is 118 Å². The van der Waals surface area contributed by atoms with Gasteiger partial charge in [0.15, 0.2) is 0 Å². The Morgan fingerprint density at radius 3 is 2.95 bits per heavy atom. The molecule has 2 aliphatic heterocycles. The monoisotopic (exact) mass is 276 g/mol. The lowest BCUT2D eigenvalue weighted by Gasteiger charge is -2.26. The number of ether oxygens (including phenoxy) is 1. The highest BCUT2D eigenvalue weighted by Gasteiger charge is 2.19. The van der Waals surface area contributed by atoms with Gasteiger partial charge in [-0.1, -0.05) is 0 Å². The molecule has 6 nitrogen and oxygen atoms in total. The number of nitrogen functional groups attached to an aromatic ring is 1. The van der Waals surface area contributed by atoms with Crippen molar-refractivity contribution in [2.75, 3.05) is 55.8 Å². The summed E-state index contributed by atoms with van der Waals surface area (Å²) in [4.78, 5) is 13.7. The molecule has 0 radical (unpaired) electrons. The second kappa shape index (κ2) is 5.68. The Hall–Kier alpha value is -1.79. The highest BCUT2D eigenvalue weighted by molar-refractivity contribution is 6.00. The minimum Gasteiger partial charge on any atom is -0.397 e. The third-order valence-corrected chi connectivity index (χ3v) is 3.75. The van der Waals surface area contributed by atoms with Crippen LogP contribution >= 0.6 is 0 Å². The average Bonchev–Trinajstić information content (AvgIpc) is 2.79. The van der Waals surface area contributed by atoms with Crippen LogP contribution in [0.3, 0.4) is 0 Å². The Kier molecular flexibility index (Phi) is 3.75. The van der Waals surface area contributed by atoms with Crippen LogP contribution in [0.4, 0.5) is 17.1 Å². The van der Waals surface area contributed by atoms with E-state index in [0.717, 1.165) is 56.3 Å². The molecule has 0 aromatic heterocycles. The quantitative estimate of drug-likeness (QED) is 0.698. The number of amides is 1. The maximum absolute atomic E-state index is 11.4. The highest BCUT2D eigenvalue weighted by atomic mass is 16.5. The second-order valence-corrected chi connectivity index (χ2v) is 5.20. The maximum atomic E-state index is 11.4. The Morgan fingerprint density at radius 1 is 1.35 bits per heavy atom. The van der Waals surface area contributed by atoms with E-state index in [-0.39, 0.29) is 5.91 Å². The van der Waals surface area contributed by atoms with Crippen LogP contribution in [0.2, 0.25) is 0 Å². The molecule has 1 amide bonds.